The summed E-state index contributed by atoms with van der Waals surface area (Å²) in [5.74, 6) is 0.500. The maximum Gasteiger partial charge on any atom is 0.222 e. The van der Waals surface area contributed by atoms with Crippen LogP contribution < -0.4 is 0 Å². The summed E-state index contributed by atoms with van der Waals surface area (Å²) < 4.78 is 0. The molecular weight excluding hydrogens is 180 g/mol. The first kappa shape index (κ1) is 9.65. The fraction of sp³-hybridized carbons (Fsp3) is 0.800. The number of piperazine rings is 1. The number of hydrogen-bond acceptors (Lipinski definition) is 3. The average Bonchev–Trinajstić information content (AvgIpc) is 2.46. The summed E-state index contributed by atoms with van der Waals surface area (Å²) in [6.45, 7) is 4.69. The third-order valence-electron chi connectivity index (χ3n) is 3.02. The standard InChI is InChI=1S/C10H16N2O2/c1-8(13)6-11-4-5-12-9(7-11)2-3-10(12)14/h9H,2-7H2,1H3. The van der Waals surface area contributed by atoms with Gasteiger partial charge in [-0.05, 0) is 13.3 Å². The van der Waals surface area contributed by atoms with Gasteiger partial charge in [-0.2, -0.15) is 0 Å². The molecule has 2 aliphatic heterocycles. The number of carbonyl (C=O) groups is 2. The molecule has 78 valence electrons. The Kier molecular flexibility index (Phi) is 2.54. The van der Waals surface area contributed by atoms with Crippen molar-refractivity contribution in [2.45, 2.75) is 25.8 Å². The molecule has 0 spiro atoms. The van der Waals surface area contributed by atoms with Crippen LogP contribution >= 0.6 is 0 Å². The largest absolute Gasteiger partial charge is 0.337 e. The van der Waals surface area contributed by atoms with Crippen LogP contribution in [0.25, 0.3) is 0 Å². The van der Waals surface area contributed by atoms with Crippen molar-refractivity contribution >= 4 is 11.7 Å². The van der Waals surface area contributed by atoms with Crippen LogP contribution in [0.5, 0.6) is 0 Å². The van der Waals surface area contributed by atoms with Crippen molar-refractivity contribution in [1.82, 2.24) is 9.80 Å². The molecule has 14 heavy (non-hydrogen) atoms. The van der Waals surface area contributed by atoms with Crippen molar-refractivity contribution in [3.05, 3.63) is 0 Å². The highest BCUT2D eigenvalue weighted by atomic mass is 16.2. The predicted molar refractivity (Wildman–Crippen MR) is 51.9 cm³/mol. The van der Waals surface area contributed by atoms with Crippen LogP contribution in [0, 0.1) is 0 Å². The van der Waals surface area contributed by atoms with Gasteiger partial charge in [0.1, 0.15) is 5.78 Å². The van der Waals surface area contributed by atoms with E-state index in [-0.39, 0.29) is 11.7 Å². The molecule has 2 fully saturated rings. The third-order valence-corrected chi connectivity index (χ3v) is 3.02. The van der Waals surface area contributed by atoms with Gasteiger partial charge < -0.3 is 4.90 Å². The Morgan fingerprint density at radius 2 is 2.29 bits per heavy atom. The molecule has 2 aliphatic rings. The zero-order valence-corrected chi connectivity index (χ0v) is 8.53. The van der Waals surface area contributed by atoms with Crippen LogP contribution in [-0.4, -0.2) is 53.7 Å². The molecule has 1 amide bonds. The van der Waals surface area contributed by atoms with E-state index >= 15 is 0 Å². The van der Waals surface area contributed by atoms with Gasteiger partial charge in [-0.1, -0.05) is 0 Å². The lowest BCUT2D eigenvalue weighted by atomic mass is 10.1. The first-order chi connectivity index (χ1) is 6.66. The quantitative estimate of drug-likeness (QED) is 0.618. The number of nitrogens with zero attached hydrogens (tertiary/aromatic N) is 2. The number of amides is 1. The van der Waals surface area contributed by atoms with Crippen molar-refractivity contribution in [3.63, 3.8) is 0 Å². The van der Waals surface area contributed by atoms with E-state index in [9.17, 15) is 9.59 Å². The first-order valence-corrected chi connectivity index (χ1v) is 5.18. The first-order valence-electron chi connectivity index (χ1n) is 5.18. The maximum absolute atomic E-state index is 11.4. The number of Topliss-reactive ketones (excluding diaryl/α,β-unsaturated/α-hetero) is 1. The van der Waals surface area contributed by atoms with Gasteiger partial charge in [0.15, 0.2) is 0 Å². The molecule has 0 bridgehead atoms. The monoisotopic (exact) mass is 196 g/mol. The molecule has 2 saturated heterocycles. The molecule has 4 heteroatoms. The number of fused-ring (bicyclic) bond motifs is 1. The van der Waals surface area contributed by atoms with Gasteiger partial charge in [-0.15, -0.1) is 0 Å². The molecule has 4 nitrogen and oxygen atoms in total. The van der Waals surface area contributed by atoms with Gasteiger partial charge in [-0.3, -0.25) is 14.5 Å². The van der Waals surface area contributed by atoms with Crippen LogP contribution in [0.4, 0.5) is 0 Å². The van der Waals surface area contributed by atoms with Gasteiger partial charge in [0.25, 0.3) is 0 Å². The minimum atomic E-state index is 0.211. The number of carbonyl (C=O) groups excluding carboxylic acids is 2. The summed E-state index contributed by atoms with van der Waals surface area (Å²) in [5, 5.41) is 0. The summed E-state index contributed by atoms with van der Waals surface area (Å²) in [6.07, 6.45) is 1.66. The highest BCUT2D eigenvalue weighted by molar-refractivity contribution is 5.79. The summed E-state index contributed by atoms with van der Waals surface area (Å²) in [5.41, 5.74) is 0. The summed E-state index contributed by atoms with van der Waals surface area (Å²) in [7, 11) is 0. The SMILES string of the molecule is CC(=O)CN1CCN2C(=O)CCC2C1. The smallest absolute Gasteiger partial charge is 0.222 e. The fourth-order valence-electron chi connectivity index (χ4n) is 2.39. The molecule has 0 aromatic heterocycles. The zero-order valence-electron chi connectivity index (χ0n) is 8.53. The number of hydrogen-bond donors (Lipinski definition) is 0. The predicted octanol–water partition coefficient (Wildman–Crippen LogP) is -0.118. The van der Waals surface area contributed by atoms with E-state index in [0.717, 1.165) is 26.1 Å². The number of rotatable bonds is 2. The second-order valence-corrected chi connectivity index (χ2v) is 4.22. The Hall–Kier alpha value is -0.900. The van der Waals surface area contributed by atoms with Crippen LogP contribution in [0.2, 0.25) is 0 Å². The topological polar surface area (TPSA) is 40.6 Å². The van der Waals surface area contributed by atoms with Gasteiger partial charge in [0.05, 0.1) is 6.54 Å². The van der Waals surface area contributed by atoms with Gasteiger partial charge in [-0.25, -0.2) is 0 Å². The normalized spacial score (nSPS) is 27.9. The van der Waals surface area contributed by atoms with E-state index < -0.39 is 0 Å². The van der Waals surface area contributed by atoms with Gasteiger partial charge in [0, 0.05) is 32.1 Å². The molecule has 2 rings (SSSR count). The van der Waals surface area contributed by atoms with E-state index in [2.05, 4.69) is 4.90 Å². The van der Waals surface area contributed by atoms with Gasteiger partial charge >= 0.3 is 0 Å². The van der Waals surface area contributed by atoms with Crippen molar-refractivity contribution in [2.24, 2.45) is 0 Å². The van der Waals surface area contributed by atoms with Crippen molar-refractivity contribution in [2.75, 3.05) is 26.2 Å². The lowest BCUT2D eigenvalue weighted by Gasteiger charge is -2.36. The summed E-state index contributed by atoms with van der Waals surface area (Å²) in [4.78, 5) is 26.4. The minimum Gasteiger partial charge on any atom is -0.337 e. The second-order valence-electron chi connectivity index (χ2n) is 4.22. The second kappa shape index (κ2) is 3.69. The van der Waals surface area contributed by atoms with Gasteiger partial charge in [0.2, 0.25) is 5.91 Å². The molecule has 0 saturated carbocycles. The Labute approximate surface area is 83.9 Å². The third kappa shape index (κ3) is 1.80. The van der Waals surface area contributed by atoms with Crippen LogP contribution in [0.1, 0.15) is 19.8 Å². The molecule has 1 atom stereocenters. The lowest BCUT2D eigenvalue weighted by Crippen LogP contribution is -2.52. The van der Waals surface area contributed by atoms with E-state index in [0.29, 0.717) is 19.0 Å². The molecular formula is C10H16N2O2. The molecule has 1 unspecified atom stereocenters. The Morgan fingerprint density at radius 3 is 3.00 bits per heavy atom. The Bertz CT molecular complexity index is 265. The zero-order chi connectivity index (χ0) is 10.1. The van der Waals surface area contributed by atoms with E-state index in [4.69, 9.17) is 0 Å². The molecule has 0 aromatic rings. The summed E-state index contributed by atoms with van der Waals surface area (Å²) >= 11 is 0. The van der Waals surface area contributed by atoms with Crippen LogP contribution in [0.3, 0.4) is 0 Å². The molecule has 0 radical (unpaired) electrons. The van der Waals surface area contributed by atoms with Crippen LogP contribution in [-0.2, 0) is 9.59 Å². The van der Waals surface area contributed by atoms with E-state index in [1.807, 2.05) is 4.90 Å². The average molecular weight is 196 g/mol. The van der Waals surface area contributed by atoms with E-state index in [1.54, 1.807) is 6.92 Å². The molecule has 0 N–H and O–H groups in total. The minimum absolute atomic E-state index is 0.211. The van der Waals surface area contributed by atoms with Crippen molar-refractivity contribution in [1.29, 1.82) is 0 Å². The fourth-order valence-corrected chi connectivity index (χ4v) is 2.39. The lowest BCUT2D eigenvalue weighted by molar-refractivity contribution is -0.130. The Morgan fingerprint density at radius 1 is 1.50 bits per heavy atom. The van der Waals surface area contributed by atoms with Crippen molar-refractivity contribution in [3.8, 4) is 0 Å². The number of ketones is 1. The summed E-state index contributed by atoms with van der Waals surface area (Å²) in [6, 6.07) is 0.371. The Balaban J connectivity index is 1.92. The maximum atomic E-state index is 11.4. The van der Waals surface area contributed by atoms with Crippen molar-refractivity contribution < 1.29 is 9.59 Å². The highest BCUT2D eigenvalue weighted by Crippen LogP contribution is 2.22. The molecule has 2 heterocycles. The molecule has 0 aromatic carbocycles. The van der Waals surface area contributed by atoms with Crippen LogP contribution in [0.15, 0.2) is 0 Å². The van der Waals surface area contributed by atoms with E-state index in [1.165, 1.54) is 0 Å². The molecule has 0 aliphatic carbocycles. The highest BCUT2D eigenvalue weighted by Gasteiger charge is 2.35.